The molecule has 0 bridgehead atoms. The number of amides is 3. The van der Waals surface area contributed by atoms with Gasteiger partial charge in [0, 0.05) is 47.5 Å². The van der Waals surface area contributed by atoms with Crippen LogP contribution in [0.3, 0.4) is 0 Å². The van der Waals surface area contributed by atoms with E-state index in [1.54, 1.807) is 32.4 Å². The number of ether oxygens (including phenoxy) is 1. The van der Waals surface area contributed by atoms with Gasteiger partial charge in [0.25, 0.3) is 5.91 Å². The van der Waals surface area contributed by atoms with Crippen LogP contribution in [0.1, 0.15) is 5.56 Å². The third-order valence-corrected chi connectivity index (χ3v) is 6.83. The van der Waals surface area contributed by atoms with E-state index in [0.29, 0.717) is 34.7 Å². The molecule has 10 heteroatoms. The number of likely N-dealkylation sites (N-methyl/N-ethyl adjacent to an activating group) is 1. The minimum absolute atomic E-state index is 0.00645. The van der Waals surface area contributed by atoms with Gasteiger partial charge in [-0.3, -0.25) is 9.69 Å². The van der Waals surface area contributed by atoms with Gasteiger partial charge in [-0.2, -0.15) is 0 Å². The van der Waals surface area contributed by atoms with Crippen molar-refractivity contribution >= 4 is 46.8 Å². The van der Waals surface area contributed by atoms with E-state index in [-0.39, 0.29) is 12.5 Å². The Labute approximate surface area is 195 Å². The number of hydrogen-bond donors (Lipinski definition) is 0. The number of halogens is 2. The molecule has 0 radical (unpaired) electrons. The molecule has 0 N–H and O–H groups in total. The van der Waals surface area contributed by atoms with Crippen molar-refractivity contribution in [3.63, 3.8) is 0 Å². The molecular weight excluding hydrogens is 453 g/mol. The van der Waals surface area contributed by atoms with Gasteiger partial charge in [0.15, 0.2) is 12.2 Å². The molecule has 3 aliphatic heterocycles. The Morgan fingerprint density at radius 1 is 1.09 bits per heavy atom. The van der Waals surface area contributed by atoms with E-state index >= 15 is 0 Å². The molecule has 0 aliphatic carbocycles. The van der Waals surface area contributed by atoms with Crippen LogP contribution in [0.25, 0.3) is 0 Å². The summed E-state index contributed by atoms with van der Waals surface area (Å²) in [5.41, 5.74) is 1.47. The molecule has 2 fully saturated rings. The van der Waals surface area contributed by atoms with Gasteiger partial charge >= 0.3 is 6.03 Å². The van der Waals surface area contributed by atoms with Crippen molar-refractivity contribution in [2.45, 2.75) is 18.8 Å². The molecule has 166 valence electrons. The Kier molecular flexibility index (Phi) is 5.14. The lowest BCUT2D eigenvalue weighted by molar-refractivity contribution is -0.137. The third kappa shape index (κ3) is 3.17. The molecule has 8 nitrogen and oxygen atoms in total. The maximum absolute atomic E-state index is 13.5. The van der Waals surface area contributed by atoms with Crippen molar-refractivity contribution < 1.29 is 14.3 Å². The minimum atomic E-state index is -0.593. The van der Waals surface area contributed by atoms with Crippen LogP contribution in [0.5, 0.6) is 5.75 Å². The molecule has 5 rings (SSSR count). The molecule has 3 heterocycles. The third-order valence-electron chi connectivity index (χ3n) is 6.12. The second-order valence-corrected chi connectivity index (χ2v) is 8.67. The lowest BCUT2D eigenvalue weighted by Crippen LogP contribution is -2.64. The van der Waals surface area contributed by atoms with Crippen molar-refractivity contribution in [2.24, 2.45) is 4.99 Å². The van der Waals surface area contributed by atoms with Crippen LogP contribution in [0.4, 0.5) is 10.5 Å². The number of benzene rings is 2. The molecule has 2 aromatic carbocycles. The average molecular weight is 474 g/mol. The molecule has 3 aliphatic rings. The zero-order chi connectivity index (χ0) is 22.6. The zero-order valence-electron chi connectivity index (χ0n) is 17.5. The first-order chi connectivity index (χ1) is 15.4. The van der Waals surface area contributed by atoms with Crippen molar-refractivity contribution in [1.29, 1.82) is 0 Å². The molecular formula is C22H21Cl2N5O3. The first-order valence-corrected chi connectivity index (χ1v) is 10.9. The Hall–Kier alpha value is -2.97. The van der Waals surface area contributed by atoms with Crippen molar-refractivity contribution in [2.75, 3.05) is 32.1 Å². The van der Waals surface area contributed by atoms with Crippen LogP contribution < -0.4 is 9.64 Å². The first kappa shape index (κ1) is 20.9. The number of carbonyl (C=O) groups is 2. The molecule has 0 aromatic heterocycles. The van der Waals surface area contributed by atoms with E-state index in [4.69, 9.17) is 32.9 Å². The summed E-state index contributed by atoms with van der Waals surface area (Å²) in [5, 5.41) is 0.827. The second-order valence-electron chi connectivity index (χ2n) is 7.85. The summed E-state index contributed by atoms with van der Waals surface area (Å²) in [6, 6.07) is 11.8. The number of hydrogen-bond acceptors (Lipinski definition) is 6. The van der Waals surface area contributed by atoms with Gasteiger partial charge in [-0.05, 0) is 24.3 Å². The predicted molar refractivity (Wildman–Crippen MR) is 122 cm³/mol. The molecule has 32 heavy (non-hydrogen) atoms. The predicted octanol–water partition coefficient (Wildman–Crippen LogP) is 3.28. The molecule has 0 saturated carbocycles. The van der Waals surface area contributed by atoms with Crippen LogP contribution in [-0.4, -0.2) is 72.1 Å². The van der Waals surface area contributed by atoms with E-state index in [9.17, 15) is 9.59 Å². The topological polar surface area (TPSA) is 68.7 Å². The van der Waals surface area contributed by atoms with Gasteiger partial charge in [0.1, 0.15) is 5.75 Å². The minimum Gasteiger partial charge on any atom is -0.497 e. The fourth-order valence-electron chi connectivity index (χ4n) is 4.45. The summed E-state index contributed by atoms with van der Waals surface area (Å²) in [6.07, 6.45) is -0.587. The number of anilines is 1. The summed E-state index contributed by atoms with van der Waals surface area (Å²) in [5.74, 6) is 1.11. The highest BCUT2D eigenvalue weighted by molar-refractivity contribution is 6.36. The number of carbonyl (C=O) groups excluding carboxylic acids is 2. The number of imide groups is 1. The van der Waals surface area contributed by atoms with Crippen molar-refractivity contribution in [1.82, 2.24) is 14.7 Å². The maximum Gasteiger partial charge on any atom is 0.328 e. The summed E-state index contributed by atoms with van der Waals surface area (Å²) < 4.78 is 5.34. The highest BCUT2D eigenvalue weighted by Crippen LogP contribution is 2.35. The molecule has 2 atom stereocenters. The first-order valence-electron chi connectivity index (χ1n) is 10.2. The number of methoxy groups -OCH3 is 1. The standard InChI is InChI=1S/C22H21Cl2N5O3/c1-26-19-18(20(30)29(22(26)31)12-15-16(23)7-4-8-17(15)24)28-10-9-27(21(28)25-19)13-5-3-6-14(11-13)32-2/h3-8,11,18-19H,9-10,12H2,1-2H3. The van der Waals surface area contributed by atoms with Gasteiger partial charge < -0.3 is 19.4 Å². The largest absolute Gasteiger partial charge is 0.497 e. The van der Waals surface area contributed by atoms with Crippen LogP contribution in [0, 0.1) is 0 Å². The molecule has 0 spiro atoms. The number of aliphatic imine (C=N–C) groups is 1. The highest BCUT2D eigenvalue weighted by Gasteiger charge is 2.54. The monoisotopic (exact) mass is 473 g/mol. The van der Waals surface area contributed by atoms with Gasteiger partial charge in [-0.15, -0.1) is 0 Å². The fourth-order valence-corrected chi connectivity index (χ4v) is 4.96. The van der Waals surface area contributed by atoms with Crippen molar-refractivity contribution in [3.05, 3.63) is 58.1 Å². The van der Waals surface area contributed by atoms with E-state index in [2.05, 4.69) is 0 Å². The average Bonchev–Trinajstić information content (AvgIpc) is 3.36. The van der Waals surface area contributed by atoms with Crippen LogP contribution in [0.15, 0.2) is 47.5 Å². The van der Waals surface area contributed by atoms with Crippen molar-refractivity contribution in [3.8, 4) is 5.75 Å². The molecule has 2 aromatic rings. The lowest BCUT2D eigenvalue weighted by atomic mass is 10.1. The van der Waals surface area contributed by atoms with Gasteiger partial charge in [-0.25, -0.2) is 9.79 Å². The Morgan fingerprint density at radius 2 is 1.81 bits per heavy atom. The Morgan fingerprint density at radius 3 is 2.53 bits per heavy atom. The quantitative estimate of drug-likeness (QED) is 0.681. The SMILES string of the molecule is COc1cccc(N2CCN3C2=NC2C3C(=O)N(Cc3c(Cl)cccc3Cl)C(=O)N2C)c1. The number of rotatable bonds is 4. The lowest BCUT2D eigenvalue weighted by Gasteiger charge is -2.40. The van der Waals surface area contributed by atoms with Crippen LogP contribution in [-0.2, 0) is 11.3 Å². The zero-order valence-corrected chi connectivity index (χ0v) is 19.0. The number of fused-ring (bicyclic) bond motifs is 3. The number of guanidine groups is 1. The summed E-state index contributed by atoms with van der Waals surface area (Å²) in [4.78, 5) is 38.1. The summed E-state index contributed by atoms with van der Waals surface area (Å²) in [7, 11) is 3.28. The molecule has 2 unspecified atom stereocenters. The normalized spacial score (nSPS) is 22.3. The van der Waals surface area contributed by atoms with E-state index in [1.165, 1.54) is 9.80 Å². The Balaban J connectivity index is 1.45. The fraction of sp³-hybridized carbons (Fsp3) is 0.318. The van der Waals surface area contributed by atoms with E-state index < -0.39 is 18.2 Å². The molecule has 2 saturated heterocycles. The van der Waals surface area contributed by atoms with Gasteiger partial charge in [-0.1, -0.05) is 35.3 Å². The number of nitrogens with zero attached hydrogens (tertiary/aromatic N) is 5. The van der Waals surface area contributed by atoms with Crippen LogP contribution >= 0.6 is 23.2 Å². The highest BCUT2D eigenvalue weighted by atomic mass is 35.5. The summed E-state index contributed by atoms with van der Waals surface area (Å²) >= 11 is 12.6. The Bertz CT molecular complexity index is 1120. The van der Waals surface area contributed by atoms with E-state index in [0.717, 1.165) is 11.4 Å². The van der Waals surface area contributed by atoms with E-state index in [1.807, 2.05) is 34.1 Å². The van der Waals surface area contributed by atoms with Crippen LogP contribution in [0.2, 0.25) is 10.0 Å². The van der Waals surface area contributed by atoms with Gasteiger partial charge in [0.2, 0.25) is 5.96 Å². The maximum atomic E-state index is 13.5. The molecule has 3 amide bonds. The van der Waals surface area contributed by atoms with Gasteiger partial charge in [0.05, 0.1) is 13.7 Å². The smallest absolute Gasteiger partial charge is 0.328 e. The second kappa shape index (κ2) is 7.86. The number of urea groups is 1. The summed E-state index contributed by atoms with van der Waals surface area (Å²) in [6.45, 7) is 1.30.